The number of sulfonamides is 1. The summed E-state index contributed by atoms with van der Waals surface area (Å²) in [5, 5.41) is 0. The lowest BCUT2D eigenvalue weighted by molar-refractivity contribution is 0.0779. The van der Waals surface area contributed by atoms with Crippen LogP contribution in [0.1, 0.15) is 23.2 Å². The molecule has 7 nitrogen and oxygen atoms in total. The molecule has 1 aromatic rings. The van der Waals surface area contributed by atoms with Crippen molar-refractivity contribution in [2.45, 2.75) is 23.8 Å². The minimum Gasteiger partial charge on any atom is -0.495 e. The number of ether oxygens (including phenoxy) is 1. The zero-order chi connectivity index (χ0) is 17.5. The van der Waals surface area contributed by atoms with Crippen molar-refractivity contribution in [3.05, 3.63) is 23.8 Å². The van der Waals surface area contributed by atoms with Crippen LogP contribution in [0.2, 0.25) is 0 Å². The molecule has 3 N–H and O–H groups in total. The number of nitrogens with one attached hydrogen (secondary N) is 1. The van der Waals surface area contributed by atoms with Gasteiger partial charge in [0, 0.05) is 24.7 Å². The van der Waals surface area contributed by atoms with Crippen molar-refractivity contribution in [3.63, 3.8) is 0 Å². The molecule has 2 fully saturated rings. The lowest BCUT2D eigenvalue weighted by atomic mass is 9.98. The van der Waals surface area contributed by atoms with Crippen LogP contribution in [0.5, 0.6) is 5.75 Å². The first-order valence-electron chi connectivity index (χ1n) is 8.04. The van der Waals surface area contributed by atoms with E-state index in [1.807, 2.05) is 0 Å². The Bertz CT molecular complexity index is 750. The Morgan fingerprint density at radius 2 is 2.08 bits per heavy atom. The number of hydrogen-bond donors (Lipinski definition) is 2. The van der Waals surface area contributed by atoms with Gasteiger partial charge in [0.25, 0.3) is 5.91 Å². The molecule has 2 aliphatic rings. The summed E-state index contributed by atoms with van der Waals surface area (Å²) in [5.74, 6) is 0.864. The van der Waals surface area contributed by atoms with E-state index in [1.165, 1.54) is 26.3 Å². The van der Waals surface area contributed by atoms with Crippen LogP contribution < -0.4 is 15.2 Å². The second-order valence-corrected chi connectivity index (χ2v) is 8.30. The maximum absolute atomic E-state index is 12.8. The van der Waals surface area contributed by atoms with Crippen molar-refractivity contribution < 1.29 is 17.9 Å². The summed E-state index contributed by atoms with van der Waals surface area (Å²) in [6.07, 6.45) is 2.07. The van der Waals surface area contributed by atoms with Crippen molar-refractivity contribution in [2.24, 2.45) is 17.6 Å². The SMILES string of the molecule is CNS(=O)(=O)c1cc(C(=O)N2CC3CCC(N)C3C2)ccc1OC. The standard InChI is InChI=1S/C16H23N3O4S/c1-18-24(21,22)15-7-10(4-6-14(15)23-2)16(20)19-8-11-3-5-13(17)12(11)9-19/h4,6-7,11-13,18H,3,5,8-9,17H2,1-2H3. The number of carbonyl (C=O) groups excluding carboxylic acids is 1. The predicted octanol–water partition coefficient (Wildman–Crippen LogP) is 0.413. The van der Waals surface area contributed by atoms with Crippen LogP contribution in [0.3, 0.4) is 0 Å². The van der Waals surface area contributed by atoms with Gasteiger partial charge < -0.3 is 15.4 Å². The highest BCUT2D eigenvalue weighted by Gasteiger charge is 2.42. The highest BCUT2D eigenvalue weighted by Crippen LogP contribution is 2.37. The lowest BCUT2D eigenvalue weighted by Gasteiger charge is -2.19. The van der Waals surface area contributed by atoms with Gasteiger partial charge in [-0.25, -0.2) is 13.1 Å². The monoisotopic (exact) mass is 353 g/mol. The second kappa shape index (κ2) is 6.34. The Hall–Kier alpha value is -1.64. The van der Waals surface area contributed by atoms with E-state index >= 15 is 0 Å². The number of amides is 1. The Balaban J connectivity index is 1.87. The van der Waals surface area contributed by atoms with Gasteiger partial charge in [0.2, 0.25) is 10.0 Å². The maximum Gasteiger partial charge on any atom is 0.253 e. The summed E-state index contributed by atoms with van der Waals surface area (Å²) in [6, 6.07) is 4.65. The zero-order valence-electron chi connectivity index (χ0n) is 13.9. The normalized spacial score (nSPS) is 26.5. The van der Waals surface area contributed by atoms with Crippen molar-refractivity contribution in [1.29, 1.82) is 0 Å². The third kappa shape index (κ3) is 2.89. The van der Waals surface area contributed by atoms with Gasteiger partial charge in [-0.1, -0.05) is 0 Å². The minimum absolute atomic E-state index is 0.0329. The minimum atomic E-state index is -3.71. The van der Waals surface area contributed by atoms with Gasteiger partial charge in [-0.05, 0) is 49.9 Å². The largest absolute Gasteiger partial charge is 0.495 e. The van der Waals surface area contributed by atoms with E-state index < -0.39 is 10.0 Å². The molecule has 1 saturated heterocycles. The Kier molecular flexibility index (Phi) is 4.54. The fourth-order valence-corrected chi connectivity index (χ4v) is 4.70. The second-order valence-electron chi connectivity index (χ2n) is 6.45. The molecule has 0 radical (unpaired) electrons. The van der Waals surface area contributed by atoms with Gasteiger partial charge in [-0.2, -0.15) is 0 Å². The Morgan fingerprint density at radius 3 is 2.71 bits per heavy atom. The van der Waals surface area contributed by atoms with Gasteiger partial charge in [0.15, 0.2) is 0 Å². The van der Waals surface area contributed by atoms with Crippen LogP contribution in [0.15, 0.2) is 23.1 Å². The number of hydrogen-bond acceptors (Lipinski definition) is 5. The van der Waals surface area contributed by atoms with E-state index in [9.17, 15) is 13.2 Å². The van der Waals surface area contributed by atoms with Gasteiger partial charge in [-0.3, -0.25) is 4.79 Å². The summed E-state index contributed by atoms with van der Waals surface area (Å²) in [6.45, 7) is 1.34. The molecule has 0 aromatic heterocycles. The fraction of sp³-hybridized carbons (Fsp3) is 0.562. The van der Waals surface area contributed by atoms with E-state index in [-0.39, 0.29) is 22.6 Å². The first kappa shape index (κ1) is 17.2. The van der Waals surface area contributed by atoms with Crippen LogP contribution in [0.25, 0.3) is 0 Å². The molecule has 24 heavy (non-hydrogen) atoms. The van der Waals surface area contributed by atoms with Gasteiger partial charge in [0.1, 0.15) is 10.6 Å². The van der Waals surface area contributed by atoms with E-state index in [0.717, 1.165) is 12.8 Å². The van der Waals surface area contributed by atoms with Crippen molar-refractivity contribution in [3.8, 4) is 5.75 Å². The summed E-state index contributed by atoms with van der Waals surface area (Å²) < 4.78 is 31.7. The molecule has 1 aliphatic heterocycles. The number of rotatable bonds is 4. The quantitative estimate of drug-likeness (QED) is 0.816. The predicted molar refractivity (Wildman–Crippen MR) is 89.3 cm³/mol. The van der Waals surface area contributed by atoms with Gasteiger partial charge in [0.05, 0.1) is 7.11 Å². The van der Waals surface area contributed by atoms with Gasteiger partial charge in [-0.15, -0.1) is 0 Å². The molecule has 1 aromatic carbocycles. The van der Waals surface area contributed by atoms with Crippen molar-refractivity contribution >= 4 is 15.9 Å². The van der Waals surface area contributed by atoms with E-state index in [2.05, 4.69) is 4.72 Å². The highest BCUT2D eigenvalue weighted by atomic mass is 32.2. The smallest absolute Gasteiger partial charge is 0.253 e. The van der Waals surface area contributed by atoms with Crippen LogP contribution in [0.4, 0.5) is 0 Å². The summed E-state index contributed by atoms with van der Waals surface area (Å²) in [7, 11) is -0.987. The van der Waals surface area contributed by atoms with Crippen LogP contribution >= 0.6 is 0 Å². The van der Waals surface area contributed by atoms with Crippen LogP contribution in [0, 0.1) is 11.8 Å². The number of carbonyl (C=O) groups is 1. The van der Waals surface area contributed by atoms with Crippen LogP contribution in [-0.2, 0) is 10.0 Å². The van der Waals surface area contributed by atoms with Crippen LogP contribution in [-0.4, -0.2) is 52.5 Å². The Labute approximate surface area is 142 Å². The van der Waals surface area contributed by atoms with Crippen molar-refractivity contribution in [1.82, 2.24) is 9.62 Å². The first-order chi connectivity index (χ1) is 11.4. The molecule has 8 heteroatoms. The number of fused-ring (bicyclic) bond motifs is 1. The molecule has 0 bridgehead atoms. The molecule has 3 rings (SSSR count). The molecule has 1 saturated carbocycles. The topological polar surface area (TPSA) is 102 Å². The number of benzene rings is 1. The Morgan fingerprint density at radius 1 is 1.33 bits per heavy atom. The molecule has 1 amide bonds. The van der Waals surface area contributed by atoms with Gasteiger partial charge >= 0.3 is 0 Å². The van der Waals surface area contributed by atoms with E-state index in [1.54, 1.807) is 11.0 Å². The third-order valence-electron chi connectivity index (χ3n) is 5.17. The number of likely N-dealkylation sites (tertiary alicyclic amines) is 1. The molecule has 3 unspecified atom stereocenters. The summed E-state index contributed by atoms with van der Waals surface area (Å²) >= 11 is 0. The molecule has 3 atom stereocenters. The zero-order valence-corrected chi connectivity index (χ0v) is 14.7. The molecule has 132 valence electrons. The molecular weight excluding hydrogens is 330 g/mol. The van der Waals surface area contributed by atoms with E-state index in [4.69, 9.17) is 10.5 Å². The fourth-order valence-electron chi connectivity index (χ4n) is 3.79. The van der Waals surface area contributed by atoms with Crippen molar-refractivity contribution in [2.75, 3.05) is 27.2 Å². The summed E-state index contributed by atoms with van der Waals surface area (Å²) in [4.78, 5) is 14.5. The number of nitrogens with two attached hydrogens (primary N) is 1. The average molecular weight is 353 g/mol. The molecule has 1 heterocycles. The molecule has 0 spiro atoms. The van der Waals surface area contributed by atoms with E-state index in [0.29, 0.717) is 30.5 Å². The maximum atomic E-state index is 12.8. The number of nitrogens with zero attached hydrogens (tertiary/aromatic N) is 1. The highest BCUT2D eigenvalue weighted by molar-refractivity contribution is 7.89. The number of methoxy groups -OCH3 is 1. The molecular formula is C16H23N3O4S. The summed E-state index contributed by atoms with van der Waals surface area (Å²) in [5.41, 5.74) is 6.46. The molecule has 1 aliphatic carbocycles. The average Bonchev–Trinajstić information content (AvgIpc) is 3.16. The third-order valence-corrected chi connectivity index (χ3v) is 6.60. The first-order valence-corrected chi connectivity index (χ1v) is 9.52. The lowest BCUT2D eigenvalue weighted by Crippen LogP contribution is -2.33.